The van der Waals surface area contributed by atoms with Gasteiger partial charge in [-0.1, -0.05) is 6.92 Å². The Balaban J connectivity index is 4.09. The molecule has 0 spiro atoms. The van der Waals surface area contributed by atoms with Gasteiger partial charge >= 0.3 is 5.97 Å². The predicted octanol–water partition coefficient (Wildman–Crippen LogP) is 1.73. The first-order valence-corrected chi connectivity index (χ1v) is 3.39. The van der Waals surface area contributed by atoms with Crippen molar-refractivity contribution in [3.05, 3.63) is 0 Å². The van der Waals surface area contributed by atoms with Crippen molar-refractivity contribution in [3.8, 4) is 0 Å². The zero-order chi connectivity index (χ0) is 7.49. The maximum absolute atomic E-state index is 10.4. The molecular weight excluding hydrogens is 140 g/mol. The fraction of sp³-hybridized carbons (Fsp3) is 0.833. The molecule has 0 rings (SSSR count). The van der Waals surface area contributed by atoms with Crippen LogP contribution in [0.25, 0.3) is 0 Å². The van der Waals surface area contributed by atoms with E-state index in [9.17, 15) is 4.79 Å². The lowest BCUT2D eigenvalue weighted by atomic mass is 9.90. The Bertz CT molecular complexity index is 108. The lowest BCUT2D eigenvalue weighted by molar-refractivity contribution is -0.146. The van der Waals surface area contributed by atoms with Gasteiger partial charge in [0.25, 0.3) is 0 Å². The summed E-state index contributed by atoms with van der Waals surface area (Å²) in [6.45, 7) is 3.46. The number of hydrogen-bond acceptors (Lipinski definition) is 1. The average molecular weight is 151 g/mol. The second-order valence-corrected chi connectivity index (χ2v) is 2.62. The van der Waals surface area contributed by atoms with Crippen molar-refractivity contribution in [2.45, 2.75) is 20.3 Å². The van der Waals surface area contributed by atoms with Gasteiger partial charge < -0.3 is 5.11 Å². The van der Waals surface area contributed by atoms with Crippen molar-refractivity contribution in [3.63, 3.8) is 0 Å². The second-order valence-electron chi connectivity index (χ2n) is 2.35. The lowest BCUT2D eigenvalue weighted by Crippen LogP contribution is -2.28. The van der Waals surface area contributed by atoms with Crippen molar-refractivity contribution in [1.29, 1.82) is 0 Å². The fourth-order valence-corrected chi connectivity index (χ4v) is 0.606. The molecule has 0 saturated heterocycles. The Kier molecular flexibility index (Phi) is 2.98. The zero-order valence-corrected chi connectivity index (χ0v) is 6.40. The third-order valence-corrected chi connectivity index (χ3v) is 2.18. The number of carboxylic acid groups (broad SMARTS) is 1. The van der Waals surface area contributed by atoms with E-state index in [1.54, 1.807) is 6.92 Å². The van der Waals surface area contributed by atoms with E-state index >= 15 is 0 Å². The molecule has 1 N–H and O–H groups in total. The van der Waals surface area contributed by atoms with Gasteiger partial charge in [0.15, 0.2) is 0 Å². The summed E-state index contributed by atoms with van der Waals surface area (Å²) in [5, 5.41) is 8.55. The van der Waals surface area contributed by atoms with E-state index in [4.69, 9.17) is 16.7 Å². The molecule has 0 aromatic heterocycles. The van der Waals surface area contributed by atoms with Crippen LogP contribution in [-0.4, -0.2) is 17.0 Å². The number of aliphatic carboxylic acids is 1. The number of alkyl halides is 1. The molecule has 0 aromatic rings. The molecule has 0 bridgehead atoms. The summed E-state index contributed by atoms with van der Waals surface area (Å²) >= 11 is 5.42. The molecule has 0 aliphatic rings. The van der Waals surface area contributed by atoms with Gasteiger partial charge in [0.05, 0.1) is 5.41 Å². The van der Waals surface area contributed by atoms with Gasteiger partial charge in [-0.25, -0.2) is 0 Å². The molecule has 0 aromatic carbocycles. The van der Waals surface area contributed by atoms with Gasteiger partial charge in [-0.3, -0.25) is 4.79 Å². The van der Waals surface area contributed by atoms with Gasteiger partial charge in [0, 0.05) is 5.88 Å². The van der Waals surface area contributed by atoms with Crippen LogP contribution in [0, 0.1) is 5.41 Å². The predicted molar refractivity (Wildman–Crippen MR) is 36.8 cm³/mol. The molecule has 0 radical (unpaired) electrons. The van der Waals surface area contributed by atoms with Gasteiger partial charge in [0.2, 0.25) is 0 Å². The molecule has 3 heteroatoms. The maximum atomic E-state index is 10.4. The number of carboxylic acids is 1. The molecule has 0 amide bonds. The quantitative estimate of drug-likeness (QED) is 0.623. The zero-order valence-electron chi connectivity index (χ0n) is 5.65. The van der Waals surface area contributed by atoms with Crippen LogP contribution in [0.2, 0.25) is 0 Å². The molecule has 0 aliphatic heterocycles. The standard InChI is InChI=1S/C6H11ClO2/c1-3-6(2,4-7)5(8)9/h3-4H2,1-2H3,(H,8,9)/t6-/m0/s1. The molecule has 9 heavy (non-hydrogen) atoms. The van der Waals surface area contributed by atoms with Crippen LogP contribution < -0.4 is 0 Å². The smallest absolute Gasteiger partial charge is 0.310 e. The van der Waals surface area contributed by atoms with E-state index in [0.717, 1.165) is 0 Å². The summed E-state index contributed by atoms with van der Waals surface area (Å²) in [5.41, 5.74) is -0.735. The van der Waals surface area contributed by atoms with Crippen LogP contribution in [0.1, 0.15) is 20.3 Å². The van der Waals surface area contributed by atoms with E-state index < -0.39 is 11.4 Å². The first-order valence-electron chi connectivity index (χ1n) is 2.86. The minimum atomic E-state index is -0.819. The summed E-state index contributed by atoms with van der Waals surface area (Å²) in [5.74, 6) is -0.640. The van der Waals surface area contributed by atoms with Gasteiger partial charge in [-0.15, -0.1) is 11.6 Å². The normalized spacial score (nSPS) is 16.8. The Morgan fingerprint density at radius 2 is 2.22 bits per heavy atom. The van der Waals surface area contributed by atoms with Gasteiger partial charge in [0.1, 0.15) is 0 Å². The Hall–Kier alpha value is -0.240. The topological polar surface area (TPSA) is 37.3 Å². The first kappa shape index (κ1) is 8.76. The highest BCUT2D eigenvalue weighted by atomic mass is 35.5. The average Bonchev–Trinajstić information content (AvgIpc) is 1.86. The monoisotopic (exact) mass is 150 g/mol. The molecule has 54 valence electrons. The highest BCUT2D eigenvalue weighted by Crippen LogP contribution is 2.22. The first-order chi connectivity index (χ1) is 4.06. The highest BCUT2D eigenvalue weighted by molar-refractivity contribution is 6.19. The van der Waals surface area contributed by atoms with Crippen molar-refractivity contribution < 1.29 is 9.90 Å². The van der Waals surface area contributed by atoms with Crippen molar-refractivity contribution >= 4 is 17.6 Å². The third kappa shape index (κ3) is 1.86. The molecule has 0 fully saturated rings. The third-order valence-electron chi connectivity index (χ3n) is 1.59. The van der Waals surface area contributed by atoms with Crippen LogP contribution in [-0.2, 0) is 4.79 Å². The number of hydrogen-bond donors (Lipinski definition) is 1. The fourth-order valence-electron chi connectivity index (χ4n) is 0.303. The Labute approximate surface area is 59.8 Å². The van der Waals surface area contributed by atoms with Crippen LogP contribution in [0.3, 0.4) is 0 Å². The maximum Gasteiger partial charge on any atom is 0.310 e. The largest absolute Gasteiger partial charge is 0.481 e. The highest BCUT2D eigenvalue weighted by Gasteiger charge is 2.29. The van der Waals surface area contributed by atoms with E-state index in [1.165, 1.54) is 0 Å². The van der Waals surface area contributed by atoms with Gasteiger partial charge in [-0.2, -0.15) is 0 Å². The van der Waals surface area contributed by atoms with Crippen LogP contribution in [0.5, 0.6) is 0 Å². The molecule has 0 unspecified atom stereocenters. The number of carbonyl (C=O) groups is 1. The van der Waals surface area contributed by atoms with Crippen molar-refractivity contribution in [2.75, 3.05) is 5.88 Å². The van der Waals surface area contributed by atoms with Crippen LogP contribution in [0.15, 0.2) is 0 Å². The molecular formula is C6H11ClO2. The summed E-state index contributed by atoms with van der Waals surface area (Å²) < 4.78 is 0. The lowest BCUT2D eigenvalue weighted by Gasteiger charge is -2.18. The van der Waals surface area contributed by atoms with E-state index in [1.807, 2.05) is 6.92 Å². The molecule has 1 atom stereocenters. The molecule has 0 saturated carbocycles. The Morgan fingerprint density at radius 1 is 1.78 bits per heavy atom. The summed E-state index contributed by atoms with van der Waals surface area (Å²) in [6, 6.07) is 0. The molecule has 2 nitrogen and oxygen atoms in total. The molecule has 0 heterocycles. The van der Waals surface area contributed by atoms with Gasteiger partial charge in [-0.05, 0) is 13.3 Å². The summed E-state index contributed by atoms with van der Waals surface area (Å²) in [6.07, 6.45) is 0.575. The van der Waals surface area contributed by atoms with Crippen LogP contribution in [0.4, 0.5) is 0 Å². The van der Waals surface area contributed by atoms with E-state index in [-0.39, 0.29) is 5.88 Å². The summed E-state index contributed by atoms with van der Waals surface area (Å²) in [4.78, 5) is 10.4. The van der Waals surface area contributed by atoms with Crippen molar-refractivity contribution in [2.24, 2.45) is 5.41 Å². The van der Waals surface area contributed by atoms with Crippen molar-refractivity contribution in [1.82, 2.24) is 0 Å². The minimum absolute atomic E-state index is 0.179. The molecule has 0 aliphatic carbocycles. The number of rotatable bonds is 3. The Morgan fingerprint density at radius 3 is 2.22 bits per heavy atom. The second kappa shape index (κ2) is 3.06. The van der Waals surface area contributed by atoms with E-state index in [0.29, 0.717) is 6.42 Å². The minimum Gasteiger partial charge on any atom is -0.481 e. The summed E-state index contributed by atoms with van der Waals surface area (Å²) in [7, 11) is 0. The van der Waals surface area contributed by atoms with Crippen LogP contribution >= 0.6 is 11.6 Å². The van der Waals surface area contributed by atoms with E-state index in [2.05, 4.69) is 0 Å². The SMILES string of the molecule is CC[C@@](C)(CCl)C(=O)O. The number of halogens is 1.